The molecule has 4 aromatic rings. The van der Waals surface area contributed by atoms with Crippen molar-refractivity contribution in [2.24, 2.45) is 0 Å². The Bertz CT molecular complexity index is 1190. The van der Waals surface area contributed by atoms with Crippen LogP contribution in [-0.2, 0) is 12.8 Å². The van der Waals surface area contributed by atoms with E-state index in [0.29, 0.717) is 5.92 Å². The van der Waals surface area contributed by atoms with Gasteiger partial charge in [0, 0.05) is 0 Å². The van der Waals surface area contributed by atoms with Crippen LogP contribution < -0.4 is 0 Å². The van der Waals surface area contributed by atoms with E-state index >= 15 is 0 Å². The highest BCUT2D eigenvalue weighted by atomic mass is 14.1. The van der Waals surface area contributed by atoms with Crippen molar-refractivity contribution in [3.63, 3.8) is 0 Å². The van der Waals surface area contributed by atoms with E-state index in [2.05, 4.69) is 141 Å². The summed E-state index contributed by atoms with van der Waals surface area (Å²) in [6.45, 7) is 4.37. The van der Waals surface area contributed by atoms with Gasteiger partial charge in [-0.1, -0.05) is 134 Å². The van der Waals surface area contributed by atoms with Crippen molar-refractivity contribution in [3.8, 4) is 11.1 Å². The number of benzene rings is 4. The second-order valence-electron chi connectivity index (χ2n) is 9.02. The Morgan fingerprint density at radius 1 is 0.618 bits per heavy atom. The van der Waals surface area contributed by atoms with Crippen molar-refractivity contribution < 1.29 is 0 Å². The summed E-state index contributed by atoms with van der Waals surface area (Å²) >= 11 is 0. The molecule has 0 fully saturated rings. The smallest absolute Gasteiger partial charge is 0.0150 e. The first-order valence-electron chi connectivity index (χ1n) is 12.3. The monoisotopic (exact) mass is 442 g/mol. The van der Waals surface area contributed by atoms with Gasteiger partial charge in [0.05, 0.1) is 0 Å². The minimum absolute atomic E-state index is 0.524. The third-order valence-electron chi connectivity index (χ3n) is 6.39. The van der Waals surface area contributed by atoms with Crippen LogP contribution in [0.2, 0.25) is 0 Å². The molecule has 0 unspecified atom stereocenters. The second kappa shape index (κ2) is 12.0. The largest absolute Gasteiger partial charge is 0.0917 e. The molecule has 0 saturated heterocycles. The van der Waals surface area contributed by atoms with Crippen LogP contribution in [0.25, 0.3) is 23.3 Å². The molecule has 4 aromatic carbocycles. The topological polar surface area (TPSA) is 0 Å². The van der Waals surface area contributed by atoms with E-state index in [0.717, 1.165) is 19.3 Å². The molecule has 4 rings (SSSR count). The lowest BCUT2D eigenvalue weighted by atomic mass is 9.93. The van der Waals surface area contributed by atoms with Gasteiger partial charge in [-0.05, 0) is 71.0 Å². The van der Waals surface area contributed by atoms with Gasteiger partial charge in [0.15, 0.2) is 0 Å². The van der Waals surface area contributed by atoms with Crippen molar-refractivity contribution in [3.05, 3.63) is 143 Å². The third-order valence-corrected chi connectivity index (χ3v) is 6.39. The predicted octanol–water partition coefficient (Wildman–Crippen LogP) is 9.38. The summed E-state index contributed by atoms with van der Waals surface area (Å²) in [6, 6.07) is 37.5. The lowest BCUT2D eigenvalue weighted by Gasteiger charge is -2.12. The van der Waals surface area contributed by atoms with E-state index in [1.165, 1.54) is 38.9 Å². The van der Waals surface area contributed by atoms with Gasteiger partial charge >= 0.3 is 0 Å². The molecule has 34 heavy (non-hydrogen) atoms. The Morgan fingerprint density at radius 3 is 1.74 bits per heavy atom. The Morgan fingerprint density at radius 2 is 1.15 bits per heavy atom. The molecule has 0 aliphatic carbocycles. The second-order valence-corrected chi connectivity index (χ2v) is 9.02. The molecule has 0 amide bonds. The first kappa shape index (κ1) is 23.5. The minimum Gasteiger partial charge on any atom is -0.0917 e. The third kappa shape index (κ3) is 6.68. The zero-order chi connectivity index (χ0) is 23.6. The van der Waals surface area contributed by atoms with Crippen LogP contribution in [0.4, 0.5) is 0 Å². The Balaban J connectivity index is 1.34. The van der Waals surface area contributed by atoms with Crippen molar-refractivity contribution >= 4 is 12.2 Å². The van der Waals surface area contributed by atoms with E-state index in [4.69, 9.17) is 0 Å². The maximum atomic E-state index is 2.30. The first-order chi connectivity index (χ1) is 16.7. The first-order valence-corrected chi connectivity index (χ1v) is 12.3. The molecule has 0 spiro atoms. The predicted molar refractivity (Wildman–Crippen MR) is 149 cm³/mol. The maximum absolute atomic E-state index is 2.30. The summed E-state index contributed by atoms with van der Waals surface area (Å²) in [5.74, 6) is 0.524. The van der Waals surface area contributed by atoms with Crippen molar-refractivity contribution in [1.82, 2.24) is 0 Å². The van der Waals surface area contributed by atoms with Crippen molar-refractivity contribution in [1.29, 1.82) is 0 Å². The van der Waals surface area contributed by atoms with Crippen LogP contribution in [0.3, 0.4) is 0 Å². The van der Waals surface area contributed by atoms with Gasteiger partial charge in [0.2, 0.25) is 0 Å². The van der Waals surface area contributed by atoms with Crippen LogP contribution in [0.1, 0.15) is 54.0 Å². The molecule has 0 saturated carbocycles. The molecule has 0 nitrogen and oxygen atoms in total. The summed E-state index contributed by atoms with van der Waals surface area (Å²) in [6.07, 6.45) is 12.0. The van der Waals surface area contributed by atoms with Crippen LogP contribution in [-0.4, -0.2) is 0 Å². The molecule has 0 radical (unpaired) electrons. The van der Waals surface area contributed by atoms with Crippen LogP contribution >= 0.6 is 0 Å². The van der Waals surface area contributed by atoms with Gasteiger partial charge in [0.25, 0.3) is 0 Å². The van der Waals surface area contributed by atoms with Crippen LogP contribution in [0.5, 0.6) is 0 Å². The van der Waals surface area contributed by atoms with Gasteiger partial charge in [-0.3, -0.25) is 0 Å². The van der Waals surface area contributed by atoms with Crippen molar-refractivity contribution in [2.75, 3.05) is 0 Å². The summed E-state index contributed by atoms with van der Waals surface area (Å²) in [5, 5.41) is 0. The quantitative estimate of drug-likeness (QED) is 0.179. The summed E-state index contributed by atoms with van der Waals surface area (Å²) in [5.41, 5.74) is 9.14. The fraction of sp³-hybridized carbons (Fsp3) is 0.176. The van der Waals surface area contributed by atoms with E-state index in [1.54, 1.807) is 0 Å². The summed E-state index contributed by atoms with van der Waals surface area (Å²) in [7, 11) is 0. The molecule has 0 aliphatic heterocycles. The van der Waals surface area contributed by atoms with Crippen LogP contribution in [0, 0.1) is 0 Å². The highest BCUT2D eigenvalue weighted by molar-refractivity contribution is 5.72. The van der Waals surface area contributed by atoms with Gasteiger partial charge in [-0.2, -0.15) is 0 Å². The Kier molecular flexibility index (Phi) is 8.30. The van der Waals surface area contributed by atoms with Gasteiger partial charge in [0.1, 0.15) is 0 Å². The lowest BCUT2D eigenvalue weighted by molar-refractivity contribution is 0.759. The number of allylic oxidation sites excluding steroid dienone is 2. The summed E-state index contributed by atoms with van der Waals surface area (Å²) < 4.78 is 0. The van der Waals surface area contributed by atoms with E-state index in [1.807, 2.05) is 0 Å². The fourth-order valence-electron chi connectivity index (χ4n) is 4.28. The molecule has 0 aromatic heterocycles. The number of rotatable bonds is 9. The molecular formula is C34H34. The lowest BCUT2D eigenvalue weighted by Crippen LogP contribution is -1.98. The number of hydrogen-bond acceptors (Lipinski definition) is 0. The molecule has 0 aliphatic rings. The van der Waals surface area contributed by atoms with Crippen molar-refractivity contribution in [2.45, 2.75) is 39.0 Å². The molecular weight excluding hydrogens is 408 g/mol. The van der Waals surface area contributed by atoms with E-state index < -0.39 is 0 Å². The zero-order valence-electron chi connectivity index (χ0n) is 20.3. The molecule has 0 heteroatoms. The SMILES string of the molecule is CC=CCCc1ccc(-c2ccc(C=Cc3ccc(C[C@@H](C)c4ccccc4)cc3)cc2)cc1. The zero-order valence-corrected chi connectivity index (χ0v) is 20.3. The van der Waals surface area contributed by atoms with Gasteiger partial charge in [-0.25, -0.2) is 0 Å². The number of aryl methyl sites for hydroxylation is 1. The Labute approximate surface area is 205 Å². The standard InChI is InChI=1S/C34H34/c1-3-4-6-9-28-18-22-33(23-19-28)34-24-20-30(21-25-34)13-12-29-14-16-31(17-15-29)26-27(2)32-10-7-5-8-11-32/h3-5,7-8,10-25,27H,6,9,26H2,1-2H3/t27-/m1/s1. The fourth-order valence-corrected chi connectivity index (χ4v) is 4.28. The molecule has 1 atom stereocenters. The van der Waals surface area contributed by atoms with Gasteiger partial charge in [-0.15, -0.1) is 0 Å². The number of hydrogen-bond donors (Lipinski definition) is 0. The van der Waals surface area contributed by atoms with Gasteiger partial charge < -0.3 is 0 Å². The molecule has 0 heterocycles. The highest BCUT2D eigenvalue weighted by Gasteiger charge is 2.06. The van der Waals surface area contributed by atoms with Crippen LogP contribution in [0.15, 0.2) is 115 Å². The Hall–Kier alpha value is -3.64. The maximum Gasteiger partial charge on any atom is -0.0150 e. The summed E-state index contributed by atoms with van der Waals surface area (Å²) in [4.78, 5) is 0. The average molecular weight is 443 g/mol. The molecule has 0 N–H and O–H groups in total. The normalized spacial score (nSPS) is 12.4. The van der Waals surface area contributed by atoms with E-state index in [9.17, 15) is 0 Å². The molecule has 170 valence electrons. The molecule has 0 bridgehead atoms. The highest BCUT2D eigenvalue weighted by Crippen LogP contribution is 2.23. The average Bonchev–Trinajstić information content (AvgIpc) is 2.90. The van der Waals surface area contributed by atoms with E-state index in [-0.39, 0.29) is 0 Å². The minimum atomic E-state index is 0.524.